The van der Waals surface area contributed by atoms with Crippen LogP contribution in [0.1, 0.15) is 12.0 Å². The second kappa shape index (κ2) is 6.63. The summed E-state index contributed by atoms with van der Waals surface area (Å²) < 4.78 is 5.41. The summed E-state index contributed by atoms with van der Waals surface area (Å²) in [7, 11) is 0. The molecule has 88 valence electrons. The maximum absolute atomic E-state index is 5.41. The van der Waals surface area contributed by atoms with Gasteiger partial charge in [-0.25, -0.2) is 0 Å². The van der Waals surface area contributed by atoms with Crippen molar-refractivity contribution >= 4 is 0 Å². The molecule has 1 saturated heterocycles. The quantitative estimate of drug-likeness (QED) is 0.730. The summed E-state index contributed by atoms with van der Waals surface area (Å²) in [5, 5.41) is 6.91. The van der Waals surface area contributed by atoms with E-state index < -0.39 is 0 Å². The Balaban J connectivity index is 1.58. The first-order valence-electron chi connectivity index (χ1n) is 6.01. The van der Waals surface area contributed by atoms with Crippen LogP contribution in [0.25, 0.3) is 0 Å². The summed E-state index contributed by atoms with van der Waals surface area (Å²) >= 11 is 0. The molecule has 1 aliphatic heterocycles. The number of rotatable bonds is 5. The van der Waals surface area contributed by atoms with E-state index in [9.17, 15) is 0 Å². The highest BCUT2D eigenvalue weighted by Crippen LogP contribution is 1.99. The molecule has 1 fully saturated rings. The van der Waals surface area contributed by atoms with Crippen molar-refractivity contribution in [3.8, 4) is 0 Å². The van der Waals surface area contributed by atoms with Crippen LogP contribution in [-0.2, 0) is 11.3 Å². The van der Waals surface area contributed by atoms with Gasteiger partial charge in [-0.05, 0) is 18.5 Å². The summed E-state index contributed by atoms with van der Waals surface area (Å²) in [5.74, 6) is 0. The second-order valence-corrected chi connectivity index (χ2v) is 4.18. The second-order valence-electron chi connectivity index (χ2n) is 4.18. The third-order valence-electron chi connectivity index (χ3n) is 2.84. The van der Waals surface area contributed by atoms with Crippen molar-refractivity contribution < 1.29 is 4.74 Å². The van der Waals surface area contributed by atoms with E-state index in [1.807, 2.05) is 6.07 Å². The SMILES string of the molecule is c1ccc(CNCCC2COCCN2)cc1. The van der Waals surface area contributed by atoms with E-state index in [0.29, 0.717) is 6.04 Å². The molecular formula is C13H20N2O. The topological polar surface area (TPSA) is 33.3 Å². The molecule has 0 spiro atoms. The third kappa shape index (κ3) is 3.93. The molecule has 0 radical (unpaired) electrons. The first-order chi connectivity index (χ1) is 7.95. The zero-order chi connectivity index (χ0) is 11.1. The van der Waals surface area contributed by atoms with Crippen molar-refractivity contribution in [2.75, 3.05) is 26.3 Å². The van der Waals surface area contributed by atoms with Gasteiger partial charge in [-0.15, -0.1) is 0 Å². The van der Waals surface area contributed by atoms with Crippen molar-refractivity contribution in [2.45, 2.75) is 19.0 Å². The summed E-state index contributed by atoms with van der Waals surface area (Å²) in [6.07, 6.45) is 1.13. The van der Waals surface area contributed by atoms with Gasteiger partial charge in [0.15, 0.2) is 0 Å². The van der Waals surface area contributed by atoms with Crippen molar-refractivity contribution in [2.24, 2.45) is 0 Å². The summed E-state index contributed by atoms with van der Waals surface area (Å²) in [5.41, 5.74) is 1.34. The Kier molecular flexibility index (Phi) is 4.80. The van der Waals surface area contributed by atoms with E-state index in [4.69, 9.17) is 4.74 Å². The van der Waals surface area contributed by atoms with Crippen LogP contribution in [0.4, 0.5) is 0 Å². The molecular weight excluding hydrogens is 200 g/mol. The van der Waals surface area contributed by atoms with Gasteiger partial charge in [-0.3, -0.25) is 0 Å². The van der Waals surface area contributed by atoms with Crippen LogP contribution in [0.2, 0.25) is 0 Å². The average molecular weight is 220 g/mol. The zero-order valence-electron chi connectivity index (χ0n) is 9.61. The van der Waals surface area contributed by atoms with Crippen LogP contribution in [0.5, 0.6) is 0 Å². The van der Waals surface area contributed by atoms with Crippen molar-refractivity contribution in [3.05, 3.63) is 35.9 Å². The van der Waals surface area contributed by atoms with E-state index in [1.165, 1.54) is 5.56 Å². The molecule has 0 bridgehead atoms. The van der Waals surface area contributed by atoms with Gasteiger partial charge in [-0.1, -0.05) is 30.3 Å². The summed E-state index contributed by atoms with van der Waals surface area (Å²) in [4.78, 5) is 0. The lowest BCUT2D eigenvalue weighted by atomic mass is 10.2. The summed E-state index contributed by atoms with van der Waals surface area (Å²) in [6, 6.07) is 11.0. The molecule has 2 N–H and O–H groups in total. The van der Waals surface area contributed by atoms with Crippen LogP contribution in [-0.4, -0.2) is 32.3 Å². The third-order valence-corrected chi connectivity index (χ3v) is 2.84. The molecule has 2 rings (SSSR count). The largest absolute Gasteiger partial charge is 0.379 e. The number of hydrogen-bond donors (Lipinski definition) is 2. The Morgan fingerprint density at radius 2 is 2.19 bits per heavy atom. The monoisotopic (exact) mass is 220 g/mol. The number of hydrogen-bond acceptors (Lipinski definition) is 3. The molecule has 1 aromatic rings. The maximum Gasteiger partial charge on any atom is 0.0620 e. The van der Waals surface area contributed by atoms with E-state index in [1.54, 1.807) is 0 Å². The highest BCUT2D eigenvalue weighted by molar-refractivity contribution is 5.14. The molecule has 1 aromatic carbocycles. The van der Waals surface area contributed by atoms with Crippen molar-refractivity contribution in [1.82, 2.24) is 10.6 Å². The zero-order valence-corrected chi connectivity index (χ0v) is 9.61. The Bertz CT molecular complexity index is 283. The highest BCUT2D eigenvalue weighted by atomic mass is 16.5. The van der Waals surface area contributed by atoms with Crippen LogP contribution in [0.3, 0.4) is 0 Å². The van der Waals surface area contributed by atoms with Gasteiger partial charge in [0, 0.05) is 19.1 Å². The van der Waals surface area contributed by atoms with Crippen molar-refractivity contribution in [1.29, 1.82) is 0 Å². The smallest absolute Gasteiger partial charge is 0.0620 e. The predicted molar refractivity (Wildman–Crippen MR) is 65.4 cm³/mol. The molecule has 16 heavy (non-hydrogen) atoms. The van der Waals surface area contributed by atoms with Crippen molar-refractivity contribution in [3.63, 3.8) is 0 Å². The number of benzene rings is 1. The van der Waals surface area contributed by atoms with Gasteiger partial charge < -0.3 is 15.4 Å². The minimum atomic E-state index is 0.525. The standard InChI is InChI=1S/C13H20N2O/c1-2-4-12(5-3-1)10-14-7-6-13-11-16-9-8-15-13/h1-5,13-15H,6-11H2. The lowest BCUT2D eigenvalue weighted by Gasteiger charge is -2.23. The fraction of sp³-hybridized carbons (Fsp3) is 0.538. The lowest BCUT2D eigenvalue weighted by Crippen LogP contribution is -2.42. The Morgan fingerprint density at radius 3 is 2.94 bits per heavy atom. The molecule has 0 aromatic heterocycles. The van der Waals surface area contributed by atoms with Crippen LogP contribution in [0, 0.1) is 0 Å². The van der Waals surface area contributed by atoms with Gasteiger partial charge in [0.05, 0.1) is 13.2 Å². The molecule has 1 unspecified atom stereocenters. The minimum Gasteiger partial charge on any atom is -0.379 e. The predicted octanol–water partition coefficient (Wildman–Crippen LogP) is 1.15. The molecule has 0 amide bonds. The Morgan fingerprint density at radius 1 is 1.31 bits per heavy atom. The molecule has 1 aliphatic rings. The van der Waals surface area contributed by atoms with Gasteiger partial charge in [0.25, 0.3) is 0 Å². The van der Waals surface area contributed by atoms with Gasteiger partial charge in [0.1, 0.15) is 0 Å². The maximum atomic E-state index is 5.41. The normalized spacial score (nSPS) is 20.9. The first kappa shape index (κ1) is 11.6. The minimum absolute atomic E-state index is 0.525. The van der Waals surface area contributed by atoms with E-state index in [-0.39, 0.29) is 0 Å². The van der Waals surface area contributed by atoms with Gasteiger partial charge in [0.2, 0.25) is 0 Å². The fourth-order valence-corrected chi connectivity index (χ4v) is 1.91. The van der Waals surface area contributed by atoms with Crippen LogP contribution >= 0.6 is 0 Å². The van der Waals surface area contributed by atoms with E-state index >= 15 is 0 Å². The molecule has 1 heterocycles. The molecule has 1 atom stereocenters. The van der Waals surface area contributed by atoms with E-state index in [0.717, 1.165) is 39.3 Å². The molecule has 0 aliphatic carbocycles. The lowest BCUT2D eigenvalue weighted by molar-refractivity contribution is 0.0742. The molecule has 0 saturated carbocycles. The number of ether oxygens (including phenoxy) is 1. The first-order valence-corrected chi connectivity index (χ1v) is 6.01. The highest BCUT2D eigenvalue weighted by Gasteiger charge is 2.11. The number of nitrogens with one attached hydrogen (secondary N) is 2. The Labute approximate surface area is 97.2 Å². The van der Waals surface area contributed by atoms with Gasteiger partial charge >= 0.3 is 0 Å². The number of morpholine rings is 1. The Hall–Kier alpha value is -0.900. The van der Waals surface area contributed by atoms with Gasteiger partial charge in [-0.2, -0.15) is 0 Å². The molecule has 3 nitrogen and oxygen atoms in total. The fourth-order valence-electron chi connectivity index (χ4n) is 1.91. The van der Waals surface area contributed by atoms with E-state index in [2.05, 4.69) is 34.9 Å². The average Bonchev–Trinajstić information content (AvgIpc) is 2.37. The summed E-state index contributed by atoms with van der Waals surface area (Å²) in [6.45, 7) is 4.69. The molecule has 3 heteroatoms. The van der Waals surface area contributed by atoms with Crippen LogP contribution < -0.4 is 10.6 Å². The van der Waals surface area contributed by atoms with Crippen LogP contribution in [0.15, 0.2) is 30.3 Å².